The van der Waals surface area contributed by atoms with Gasteiger partial charge in [-0.1, -0.05) is 18.2 Å². The Kier molecular flexibility index (Phi) is 5.51. The van der Waals surface area contributed by atoms with Crippen molar-refractivity contribution in [2.45, 2.75) is 19.6 Å². The maximum atomic E-state index is 5.80. The molecule has 19 heavy (non-hydrogen) atoms. The Balaban J connectivity index is 2.69. The average molecular weight is 299 g/mol. The summed E-state index contributed by atoms with van der Waals surface area (Å²) in [5.74, 6) is 1.52. The van der Waals surface area contributed by atoms with Crippen molar-refractivity contribution in [3.05, 3.63) is 53.6 Å². The summed E-state index contributed by atoms with van der Waals surface area (Å²) in [5.41, 5.74) is 0. The average Bonchev–Trinajstić information content (AvgIpc) is 2.29. The number of hydrogen-bond donors (Lipinski definition) is 0. The molecule has 1 aromatic carbocycles. The van der Waals surface area contributed by atoms with Crippen LogP contribution in [0.3, 0.4) is 0 Å². The van der Waals surface area contributed by atoms with E-state index in [1.807, 2.05) is 0 Å². The Morgan fingerprint density at radius 3 is 2.26 bits per heavy atom. The van der Waals surface area contributed by atoms with Gasteiger partial charge in [0.15, 0.2) is 0 Å². The number of methoxy groups -OCH3 is 1. The Hall–Kier alpha value is -1.39. The third-order valence-electron chi connectivity index (χ3n) is 1.95. The van der Waals surface area contributed by atoms with Gasteiger partial charge in [0.25, 0.3) is 5.95 Å². The molecule has 0 aliphatic carbocycles. The normalized spacial score (nSPS) is 11.9. The number of halogens is 1. The minimum Gasteiger partial charge on any atom is -0.520 e. The summed E-state index contributed by atoms with van der Waals surface area (Å²) < 4.78 is 16.4. The summed E-state index contributed by atoms with van der Waals surface area (Å²) in [6.07, 6.45) is 1.63. The fourth-order valence-electron chi connectivity index (χ4n) is 1.25. The van der Waals surface area contributed by atoms with Crippen LogP contribution in [0.5, 0.6) is 5.75 Å². The van der Waals surface area contributed by atoms with Crippen molar-refractivity contribution < 1.29 is 13.9 Å². The second-order valence-corrected chi connectivity index (χ2v) is 9.77. The van der Waals surface area contributed by atoms with Gasteiger partial charge in [-0.15, -0.1) is 0 Å². The van der Waals surface area contributed by atoms with E-state index in [1.165, 1.54) is 0 Å². The zero-order valence-corrected chi connectivity index (χ0v) is 13.5. The molecule has 104 valence electrons. The van der Waals surface area contributed by atoms with E-state index in [1.54, 1.807) is 37.5 Å². The van der Waals surface area contributed by atoms with Gasteiger partial charge in [-0.2, -0.15) is 0 Å². The molecule has 0 amide bonds. The number of benzene rings is 1. The highest BCUT2D eigenvalue weighted by molar-refractivity contribution is 6.70. The second-order valence-electron chi connectivity index (χ2n) is 4.90. The highest BCUT2D eigenvalue weighted by Crippen LogP contribution is 2.19. The molecule has 5 heteroatoms. The van der Waals surface area contributed by atoms with Crippen molar-refractivity contribution in [1.82, 2.24) is 0 Å². The molecule has 0 radical (unpaired) electrons. The molecule has 0 spiro atoms. The first-order valence-corrected chi connectivity index (χ1v) is 9.66. The van der Waals surface area contributed by atoms with Gasteiger partial charge >= 0.3 is 0 Å². The van der Waals surface area contributed by atoms with Crippen molar-refractivity contribution in [1.29, 1.82) is 0 Å². The first-order valence-electron chi connectivity index (χ1n) is 5.87. The lowest BCUT2D eigenvalue weighted by atomic mass is 10.3. The summed E-state index contributed by atoms with van der Waals surface area (Å²) >= 11 is 5.80. The second kappa shape index (κ2) is 6.68. The SMILES string of the molecule is C=C(/C=C(\OC)O[Si](C)(C)C)Oc1ccc(Cl)cc1. The van der Waals surface area contributed by atoms with Gasteiger partial charge in [0.1, 0.15) is 11.5 Å². The molecule has 3 nitrogen and oxygen atoms in total. The van der Waals surface area contributed by atoms with E-state index in [0.29, 0.717) is 22.5 Å². The van der Waals surface area contributed by atoms with E-state index in [9.17, 15) is 0 Å². The van der Waals surface area contributed by atoms with E-state index >= 15 is 0 Å². The number of hydrogen-bond acceptors (Lipinski definition) is 3. The summed E-state index contributed by atoms with van der Waals surface area (Å²) in [4.78, 5) is 0. The van der Waals surface area contributed by atoms with E-state index in [4.69, 9.17) is 25.5 Å². The molecule has 0 heterocycles. The minimum absolute atomic E-state index is 0.415. The summed E-state index contributed by atoms with van der Waals surface area (Å²) in [7, 11) is -0.158. The molecule has 0 N–H and O–H groups in total. The van der Waals surface area contributed by atoms with Gasteiger partial charge in [0.2, 0.25) is 8.32 Å². The van der Waals surface area contributed by atoms with Crippen LogP contribution in [0.1, 0.15) is 0 Å². The molecule has 0 saturated heterocycles. The Labute approximate surface area is 120 Å². The molecule has 0 fully saturated rings. The van der Waals surface area contributed by atoms with Crippen molar-refractivity contribution in [2.75, 3.05) is 7.11 Å². The molecule has 0 aliphatic heterocycles. The van der Waals surface area contributed by atoms with Crippen LogP contribution in [0.2, 0.25) is 24.7 Å². The van der Waals surface area contributed by atoms with E-state index in [-0.39, 0.29) is 0 Å². The first kappa shape index (κ1) is 15.7. The maximum absolute atomic E-state index is 5.80. The quantitative estimate of drug-likeness (QED) is 0.437. The molecule has 1 rings (SSSR count). The molecule has 0 saturated carbocycles. The summed E-state index contributed by atoms with van der Waals surface area (Å²) in [6, 6.07) is 7.05. The first-order chi connectivity index (χ1) is 8.80. The minimum atomic E-state index is -1.72. The Morgan fingerprint density at radius 1 is 1.21 bits per heavy atom. The molecular formula is C14H19ClO3Si. The molecule has 0 atom stereocenters. The van der Waals surface area contributed by atoms with Crippen LogP contribution < -0.4 is 4.74 Å². The van der Waals surface area contributed by atoms with Gasteiger partial charge in [-0.25, -0.2) is 0 Å². The van der Waals surface area contributed by atoms with Crippen LogP contribution in [0, 0.1) is 0 Å². The molecule has 1 aromatic rings. The number of ether oxygens (including phenoxy) is 2. The van der Waals surface area contributed by atoms with Crippen molar-refractivity contribution in [3.8, 4) is 5.75 Å². The molecule has 0 aliphatic rings. The third-order valence-corrected chi connectivity index (χ3v) is 3.01. The number of allylic oxidation sites excluding steroid dienone is 1. The van der Waals surface area contributed by atoms with E-state index < -0.39 is 8.32 Å². The largest absolute Gasteiger partial charge is 0.520 e. The van der Waals surface area contributed by atoms with E-state index in [0.717, 1.165) is 0 Å². The lowest BCUT2D eigenvalue weighted by Crippen LogP contribution is -2.25. The van der Waals surface area contributed by atoms with Crippen molar-refractivity contribution >= 4 is 19.9 Å². The van der Waals surface area contributed by atoms with Gasteiger partial charge in [0, 0.05) is 5.02 Å². The van der Waals surface area contributed by atoms with Crippen LogP contribution in [0.15, 0.2) is 48.6 Å². The van der Waals surface area contributed by atoms with Crippen LogP contribution in [0.4, 0.5) is 0 Å². The zero-order valence-electron chi connectivity index (χ0n) is 11.7. The van der Waals surface area contributed by atoms with Gasteiger partial charge in [-0.05, 0) is 43.9 Å². The van der Waals surface area contributed by atoms with Crippen molar-refractivity contribution in [3.63, 3.8) is 0 Å². The van der Waals surface area contributed by atoms with Gasteiger partial charge in [0.05, 0.1) is 13.2 Å². The maximum Gasteiger partial charge on any atom is 0.268 e. The van der Waals surface area contributed by atoms with Crippen LogP contribution in [-0.2, 0) is 9.16 Å². The van der Waals surface area contributed by atoms with Gasteiger partial charge in [-0.3, -0.25) is 0 Å². The summed E-state index contributed by atoms with van der Waals surface area (Å²) in [5, 5.41) is 0.660. The lowest BCUT2D eigenvalue weighted by molar-refractivity contribution is 0.145. The van der Waals surface area contributed by atoms with Crippen LogP contribution >= 0.6 is 11.6 Å². The number of rotatable bonds is 6. The monoisotopic (exact) mass is 298 g/mol. The van der Waals surface area contributed by atoms with Crippen LogP contribution in [-0.4, -0.2) is 15.4 Å². The lowest BCUT2D eigenvalue weighted by Gasteiger charge is -2.20. The molecule has 0 unspecified atom stereocenters. The predicted molar refractivity (Wildman–Crippen MR) is 80.7 cm³/mol. The molecular weight excluding hydrogens is 280 g/mol. The predicted octanol–water partition coefficient (Wildman–Crippen LogP) is 4.57. The molecule has 0 bridgehead atoms. The smallest absolute Gasteiger partial charge is 0.268 e. The molecule has 0 aromatic heterocycles. The van der Waals surface area contributed by atoms with Crippen LogP contribution in [0.25, 0.3) is 0 Å². The highest BCUT2D eigenvalue weighted by atomic mass is 35.5. The van der Waals surface area contributed by atoms with Crippen molar-refractivity contribution in [2.24, 2.45) is 0 Å². The zero-order chi connectivity index (χ0) is 14.5. The summed E-state index contributed by atoms with van der Waals surface area (Å²) in [6.45, 7) is 10.0. The topological polar surface area (TPSA) is 27.7 Å². The fraction of sp³-hybridized carbons (Fsp3) is 0.286. The van der Waals surface area contributed by atoms with Gasteiger partial charge < -0.3 is 13.9 Å². The standard InChI is InChI=1S/C14H19ClO3Si/c1-11(10-14(16-2)18-19(3,4)5)17-13-8-6-12(15)7-9-13/h6-10H,1H2,2-5H3/b14-10+. The third kappa shape index (κ3) is 6.36. The fourth-order valence-corrected chi connectivity index (χ4v) is 2.12. The van der Waals surface area contributed by atoms with E-state index in [2.05, 4.69) is 26.2 Å². The Morgan fingerprint density at radius 2 is 1.79 bits per heavy atom. The highest BCUT2D eigenvalue weighted by Gasteiger charge is 2.18. The Bertz CT molecular complexity index is 461.